The van der Waals surface area contributed by atoms with E-state index in [2.05, 4.69) is 29.8 Å². The number of aryl methyl sites for hydroxylation is 2. The number of rotatable bonds is 8. The first-order valence-electron chi connectivity index (χ1n) is 10.1. The molecule has 4 rings (SSSR count). The lowest BCUT2D eigenvalue weighted by Crippen LogP contribution is -2.24. The van der Waals surface area contributed by atoms with Crippen LogP contribution in [0.4, 0.5) is 0 Å². The summed E-state index contributed by atoms with van der Waals surface area (Å²) in [7, 11) is 0. The smallest absolute Gasteiger partial charge is 0.287 e. The number of imidazole rings is 1. The predicted octanol–water partition coefficient (Wildman–Crippen LogP) is 4.65. The molecular weight excluding hydrogens is 378 g/mol. The minimum Gasteiger partial charge on any atom is -0.493 e. The fraction of sp³-hybridized carbons (Fsp3) is 0.250. The maximum absolute atomic E-state index is 12.2. The molecule has 0 aliphatic carbocycles. The maximum Gasteiger partial charge on any atom is 0.287 e. The molecule has 2 aromatic heterocycles. The topological polar surface area (TPSA) is 69.3 Å². The van der Waals surface area contributed by atoms with Gasteiger partial charge in [-0.3, -0.25) is 4.79 Å². The number of hydrogen-bond acceptors (Lipinski definition) is 4. The SMILES string of the molecule is Cc1cccc(OCCCn2c(CNC(=O)c3ccco3)nc3ccccc32)c1C. The van der Waals surface area contributed by atoms with Crippen molar-refractivity contribution in [2.75, 3.05) is 6.61 Å². The van der Waals surface area contributed by atoms with Gasteiger partial charge in [0.15, 0.2) is 5.76 Å². The van der Waals surface area contributed by atoms with Crippen LogP contribution in [-0.2, 0) is 13.1 Å². The minimum absolute atomic E-state index is 0.253. The number of benzene rings is 2. The third-order valence-corrected chi connectivity index (χ3v) is 5.22. The molecule has 30 heavy (non-hydrogen) atoms. The molecule has 0 saturated heterocycles. The van der Waals surface area contributed by atoms with Crippen LogP contribution < -0.4 is 10.1 Å². The second kappa shape index (κ2) is 8.86. The molecule has 1 amide bonds. The van der Waals surface area contributed by atoms with Gasteiger partial charge < -0.3 is 19.0 Å². The monoisotopic (exact) mass is 403 g/mol. The molecule has 0 aliphatic heterocycles. The van der Waals surface area contributed by atoms with E-state index in [0.29, 0.717) is 18.9 Å². The first-order valence-corrected chi connectivity index (χ1v) is 10.1. The molecule has 2 aromatic carbocycles. The van der Waals surface area contributed by atoms with Crippen molar-refractivity contribution >= 4 is 16.9 Å². The number of hydrogen-bond donors (Lipinski definition) is 1. The van der Waals surface area contributed by atoms with Gasteiger partial charge in [-0.05, 0) is 61.7 Å². The first-order chi connectivity index (χ1) is 14.6. The number of ether oxygens (including phenoxy) is 1. The number of carbonyl (C=O) groups is 1. The lowest BCUT2D eigenvalue weighted by molar-refractivity contribution is 0.0921. The quantitative estimate of drug-likeness (QED) is 0.435. The number of amides is 1. The van der Waals surface area contributed by atoms with Gasteiger partial charge in [0.2, 0.25) is 0 Å². The van der Waals surface area contributed by atoms with Crippen LogP contribution in [0.25, 0.3) is 11.0 Å². The molecule has 0 radical (unpaired) electrons. The Labute approximate surface area is 175 Å². The molecule has 6 nitrogen and oxygen atoms in total. The van der Waals surface area contributed by atoms with Crippen LogP contribution in [0.2, 0.25) is 0 Å². The van der Waals surface area contributed by atoms with Crippen LogP contribution in [0.1, 0.15) is 33.9 Å². The van der Waals surface area contributed by atoms with Crippen molar-refractivity contribution in [3.63, 3.8) is 0 Å². The maximum atomic E-state index is 12.2. The highest BCUT2D eigenvalue weighted by atomic mass is 16.5. The van der Waals surface area contributed by atoms with E-state index in [4.69, 9.17) is 14.1 Å². The summed E-state index contributed by atoms with van der Waals surface area (Å²) < 4.78 is 13.3. The number of carbonyl (C=O) groups excluding carboxylic acids is 1. The number of para-hydroxylation sites is 2. The standard InChI is InChI=1S/C24H25N3O3/c1-17-8-5-11-21(18(17)2)29-15-7-13-27-20-10-4-3-9-19(20)26-23(27)16-25-24(28)22-12-6-14-30-22/h3-6,8-12,14H,7,13,15-16H2,1-2H3,(H,25,28). The molecule has 0 saturated carbocycles. The Balaban J connectivity index is 1.43. The lowest BCUT2D eigenvalue weighted by atomic mass is 10.1. The fourth-order valence-electron chi connectivity index (χ4n) is 3.45. The van der Waals surface area contributed by atoms with E-state index in [1.807, 2.05) is 36.4 Å². The molecule has 154 valence electrons. The van der Waals surface area contributed by atoms with Crippen molar-refractivity contribution in [2.24, 2.45) is 0 Å². The third-order valence-electron chi connectivity index (χ3n) is 5.22. The summed E-state index contributed by atoms with van der Waals surface area (Å²) in [6.45, 7) is 5.84. The van der Waals surface area contributed by atoms with Crippen molar-refractivity contribution < 1.29 is 13.9 Å². The summed E-state index contributed by atoms with van der Waals surface area (Å²) in [6.07, 6.45) is 2.31. The van der Waals surface area contributed by atoms with E-state index < -0.39 is 0 Å². The highest BCUT2D eigenvalue weighted by Gasteiger charge is 2.13. The predicted molar refractivity (Wildman–Crippen MR) is 116 cm³/mol. The van der Waals surface area contributed by atoms with Crippen LogP contribution in [0, 0.1) is 13.8 Å². The zero-order chi connectivity index (χ0) is 20.9. The van der Waals surface area contributed by atoms with Crippen molar-refractivity contribution in [2.45, 2.75) is 33.4 Å². The molecule has 1 N–H and O–H groups in total. The van der Waals surface area contributed by atoms with E-state index in [1.165, 1.54) is 17.4 Å². The molecule has 4 aromatic rings. The van der Waals surface area contributed by atoms with Gasteiger partial charge in [-0.15, -0.1) is 0 Å². The average Bonchev–Trinajstić information content (AvgIpc) is 3.41. The molecule has 2 heterocycles. The summed E-state index contributed by atoms with van der Waals surface area (Å²) in [5.74, 6) is 1.77. The summed E-state index contributed by atoms with van der Waals surface area (Å²) in [6, 6.07) is 17.4. The van der Waals surface area contributed by atoms with Crippen molar-refractivity contribution in [3.05, 3.63) is 83.6 Å². The van der Waals surface area contributed by atoms with Gasteiger partial charge in [-0.2, -0.15) is 0 Å². The number of aromatic nitrogens is 2. The van der Waals surface area contributed by atoms with Crippen molar-refractivity contribution in [1.29, 1.82) is 0 Å². The number of nitrogens with one attached hydrogen (secondary N) is 1. The Bertz CT molecular complexity index is 1150. The summed E-state index contributed by atoms with van der Waals surface area (Å²) in [5, 5.41) is 2.89. The molecule has 0 bridgehead atoms. The van der Waals surface area contributed by atoms with Crippen LogP contribution in [-0.4, -0.2) is 22.1 Å². The Morgan fingerprint density at radius 3 is 2.80 bits per heavy atom. The zero-order valence-corrected chi connectivity index (χ0v) is 17.2. The zero-order valence-electron chi connectivity index (χ0n) is 17.2. The number of fused-ring (bicyclic) bond motifs is 1. The summed E-state index contributed by atoms with van der Waals surface area (Å²) in [5.41, 5.74) is 4.36. The normalized spacial score (nSPS) is 11.0. The highest BCUT2D eigenvalue weighted by molar-refractivity contribution is 5.91. The van der Waals surface area contributed by atoms with Crippen LogP contribution in [0.15, 0.2) is 65.3 Å². The average molecular weight is 403 g/mol. The van der Waals surface area contributed by atoms with E-state index in [1.54, 1.807) is 12.1 Å². The van der Waals surface area contributed by atoms with E-state index in [9.17, 15) is 4.79 Å². The molecule has 0 spiro atoms. The highest BCUT2D eigenvalue weighted by Crippen LogP contribution is 2.21. The van der Waals surface area contributed by atoms with Gasteiger partial charge in [-0.25, -0.2) is 4.98 Å². The minimum atomic E-state index is -0.253. The number of furan rings is 1. The summed E-state index contributed by atoms with van der Waals surface area (Å²) in [4.78, 5) is 16.9. The second-order valence-electron chi connectivity index (χ2n) is 7.23. The van der Waals surface area contributed by atoms with Gasteiger partial charge in [0.1, 0.15) is 11.6 Å². The second-order valence-corrected chi connectivity index (χ2v) is 7.23. The fourth-order valence-corrected chi connectivity index (χ4v) is 3.45. The van der Waals surface area contributed by atoms with Gasteiger partial charge >= 0.3 is 0 Å². The number of nitrogens with zero attached hydrogens (tertiary/aromatic N) is 2. The Hall–Kier alpha value is -3.54. The largest absolute Gasteiger partial charge is 0.493 e. The van der Waals surface area contributed by atoms with E-state index in [0.717, 1.165) is 35.6 Å². The van der Waals surface area contributed by atoms with Gasteiger partial charge in [-0.1, -0.05) is 24.3 Å². The van der Waals surface area contributed by atoms with E-state index >= 15 is 0 Å². The third kappa shape index (κ3) is 4.22. The molecule has 0 fully saturated rings. The summed E-state index contributed by atoms with van der Waals surface area (Å²) >= 11 is 0. The van der Waals surface area contributed by atoms with Gasteiger partial charge in [0, 0.05) is 6.54 Å². The molecule has 0 unspecified atom stereocenters. The molecule has 0 atom stereocenters. The molecule has 6 heteroatoms. The Morgan fingerprint density at radius 2 is 1.97 bits per heavy atom. The Kier molecular flexibility index (Phi) is 5.84. The Morgan fingerprint density at radius 1 is 1.10 bits per heavy atom. The van der Waals surface area contributed by atoms with E-state index in [-0.39, 0.29) is 5.91 Å². The van der Waals surface area contributed by atoms with Crippen LogP contribution in [0.3, 0.4) is 0 Å². The molecular formula is C24H25N3O3. The molecule has 0 aliphatic rings. The lowest BCUT2D eigenvalue weighted by Gasteiger charge is -2.13. The van der Waals surface area contributed by atoms with Crippen LogP contribution in [0.5, 0.6) is 5.75 Å². The van der Waals surface area contributed by atoms with Gasteiger partial charge in [0.25, 0.3) is 5.91 Å². The van der Waals surface area contributed by atoms with Crippen molar-refractivity contribution in [1.82, 2.24) is 14.9 Å². The van der Waals surface area contributed by atoms with Crippen LogP contribution >= 0.6 is 0 Å². The van der Waals surface area contributed by atoms with Crippen molar-refractivity contribution in [3.8, 4) is 5.75 Å². The van der Waals surface area contributed by atoms with Gasteiger partial charge in [0.05, 0.1) is 30.4 Å². The first kappa shape index (κ1) is 19.8.